The Balaban J connectivity index is 2.48. The van der Waals surface area contributed by atoms with Crippen molar-refractivity contribution in [3.63, 3.8) is 0 Å². The monoisotopic (exact) mass is 293 g/mol. The molecule has 0 spiro atoms. The van der Waals surface area contributed by atoms with Gasteiger partial charge in [-0.3, -0.25) is 0 Å². The fraction of sp³-hybridized carbons (Fsp3) is 0.333. The van der Waals surface area contributed by atoms with E-state index in [1.807, 2.05) is 26.0 Å². The summed E-state index contributed by atoms with van der Waals surface area (Å²) in [6, 6.07) is 5.48. The summed E-state index contributed by atoms with van der Waals surface area (Å²) in [5.74, 6) is 0.370. The molecule has 0 aliphatic rings. The van der Waals surface area contributed by atoms with Crippen LogP contribution in [0.1, 0.15) is 24.6 Å². The number of aryl methyl sites for hydroxylation is 2. The first-order valence-corrected chi connectivity index (χ1v) is 6.95. The SMILES string of the molecule is CCCNc1nc(-c2ccc(Cl)cc2C)nc(C)c1F. The van der Waals surface area contributed by atoms with Crippen molar-refractivity contribution in [2.24, 2.45) is 0 Å². The van der Waals surface area contributed by atoms with Gasteiger partial charge in [0.1, 0.15) is 0 Å². The molecule has 0 aliphatic carbocycles. The van der Waals surface area contributed by atoms with Crippen molar-refractivity contribution in [3.05, 3.63) is 40.3 Å². The Hall–Kier alpha value is -1.68. The van der Waals surface area contributed by atoms with E-state index >= 15 is 0 Å². The molecule has 0 radical (unpaired) electrons. The van der Waals surface area contributed by atoms with Crippen LogP contribution in [0, 0.1) is 19.7 Å². The van der Waals surface area contributed by atoms with Gasteiger partial charge in [0.2, 0.25) is 0 Å². The summed E-state index contributed by atoms with van der Waals surface area (Å²) in [5, 5.41) is 3.65. The predicted octanol–water partition coefficient (Wildman–Crippen LogP) is 4.37. The molecule has 0 bridgehead atoms. The molecule has 2 aromatic rings. The second-order valence-corrected chi connectivity index (χ2v) is 5.12. The van der Waals surface area contributed by atoms with Crippen LogP contribution < -0.4 is 5.32 Å². The molecule has 20 heavy (non-hydrogen) atoms. The maximum absolute atomic E-state index is 14.0. The second-order valence-electron chi connectivity index (χ2n) is 4.68. The van der Waals surface area contributed by atoms with E-state index in [1.54, 1.807) is 13.0 Å². The molecule has 0 saturated heterocycles. The van der Waals surface area contributed by atoms with Crippen LogP contribution in [-0.4, -0.2) is 16.5 Å². The molecule has 106 valence electrons. The van der Waals surface area contributed by atoms with Gasteiger partial charge in [0, 0.05) is 17.1 Å². The number of nitrogens with one attached hydrogen (secondary N) is 1. The van der Waals surface area contributed by atoms with E-state index in [9.17, 15) is 4.39 Å². The minimum Gasteiger partial charge on any atom is -0.368 e. The van der Waals surface area contributed by atoms with Crippen molar-refractivity contribution < 1.29 is 4.39 Å². The molecule has 0 atom stereocenters. The minimum absolute atomic E-state index is 0.253. The summed E-state index contributed by atoms with van der Waals surface area (Å²) in [5.41, 5.74) is 2.16. The summed E-state index contributed by atoms with van der Waals surface area (Å²) in [4.78, 5) is 8.52. The number of halogens is 2. The van der Waals surface area contributed by atoms with Gasteiger partial charge in [-0.2, -0.15) is 0 Å². The average molecular weight is 294 g/mol. The van der Waals surface area contributed by atoms with Crippen LogP contribution in [0.15, 0.2) is 18.2 Å². The molecule has 1 heterocycles. The standard InChI is InChI=1S/C15H17ClFN3/c1-4-7-18-15-13(17)10(3)19-14(20-15)12-6-5-11(16)8-9(12)2/h5-6,8H,4,7H2,1-3H3,(H,18,19,20). The fourth-order valence-corrected chi connectivity index (χ4v) is 2.14. The van der Waals surface area contributed by atoms with E-state index in [0.29, 0.717) is 23.1 Å². The van der Waals surface area contributed by atoms with Crippen molar-refractivity contribution in [2.45, 2.75) is 27.2 Å². The molecular weight excluding hydrogens is 277 g/mol. The van der Waals surface area contributed by atoms with Gasteiger partial charge in [0.15, 0.2) is 17.5 Å². The van der Waals surface area contributed by atoms with Crippen LogP contribution >= 0.6 is 11.6 Å². The van der Waals surface area contributed by atoms with Crippen LogP contribution in [0.4, 0.5) is 10.2 Å². The Labute approximate surface area is 123 Å². The minimum atomic E-state index is -0.395. The van der Waals surface area contributed by atoms with Gasteiger partial charge < -0.3 is 5.32 Å². The van der Waals surface area contributed by atoms with E-state index in [4.69, 9.17) is 11.6 Å². The zero-order chi connectivity index (χ0) is 14.7. The molecule has 0 saturated carbocycles. The first kappa shape index (κ1) is 14.7. The number of benzene rings is 1. The predicted molar refractivity (Wildman–Crippen MR) is 80.7 cm³/mol. The number of hydrogen-bond donors (Lipinski definition) is 1. The summed E-state index contributed by atoms with van der Waals surface area (Å²) in [6.07, 6.45) is 0.901. The first-order chi connectivity index (χ1) is 9.52. The number of aromatic nitrogens is 2. The van der Waals surface area contributed by atoms with Crippen molar-refractivity contribution in [2.75, 3.05) is 11.9 Å². The molecule has 0 unspecified atom stereocenters. The third-order valence-corrected chi connectivity index (χ3v) is 3.22. The van der Waals surface area contributed by atoms with Crippen molar-refractivity contribution in [3.8, 4) is 11.4 Å². The molecule has 1 aromatic carbocycles. The quantitative estimate of drug-likeness (QED) is 0.909. The maximum Gasteiger partial charge on any atom is 0.186 e. The molecule has 1 aromatic heterocycles. The zero-order valence-electron chi connectivity index (χ0n) is 11.8. The van der Waals surface area contributed by atoms with E-state index in [0.717, 1.165) is 17.5 Å². The zero-order valence-corrected chi connectivity index (χ0v) is 12.6. The molecule has 1 N–H and O–H groups in total. The van der Waals surface area contributed by atoms with Gasteiger partial charge >= 0.3 is 0 Å². The van der Waals surface area contributed by atoms with Gasteiger partial charge in [-0.15, -0.1) is 0 Å². The van der Waals surface area contributed by atoms with E-state index in [1.165, 1.54) is 0 Å². The smallest absolute Gasteiger partial charge is 0.186 e. The topological polar surface area (TPSA) is 37.8 Å². The van der Waals surface area contributed by atoms with E-state index in [2.05, 4.69) is 15.3 Å². The molecule has 5 heteroatoms. The molecule has 3 nitrogen and oxygen atoms in total. The summed E-state index contributed by atoms with van der Waals surface area (Å²) in [6.45, 7) is 6.26. The Kier molecular flexibility index (Phi) is 4.55. The molecule has 0 aliphatic heterocycles. The molecule has 0 fully saturated rings. The molecule has 2 rings (SSSR count). The lowest BCUT2D eigenvalue weighted by Gasteiger charge is -2.11. The summed E-state index contributed by atoms with van der Waals surface area (Å²) >= 11 is 5.95. The normalized spacial score (nSPS) is 10.7. The fourth-order valence-electron chi connectivity index (χ4n) is 1.92. The lowest BCUT2D eigenvalue weighted by atomic mass is 10.1. The Bertz CT molecular complexity index is 629. The highest BCUT2D eigenvalue weighted by molar-refractivity contribution is 6.30. The third-order valence-electron chi connectivity index (χ3n) is 2.99. The van der Waals surface area contributed by atoms with E-state index in [-0.39, 0.29) is 5.82 Å². The van der Waals surface area contributed by atoms with Gasteiger partial charge in [-0.05, 0) is 44.0 Å². The van der Waals surface area contributed by atoms with Gasteiger partial charge in [-0.1, -0.05) is 18.5 Å². The Morgan fingerprint density at radius 2 is 2.00 bits per heavy atom. The second kappa shape index (κ2) is 6.18. The van der Waals surface area contributed by atoms with Crippen LogP contribution in [0.5, 0.6) is 0 Å². The number of nitrogens with zero attached hydrogens (tertiary/aromatic N) is 2. The lowest BCUT2D eigenvalue weighted by molar-refractivity contribution is 0.605. The molecular formula is C15H17ClFN3. The first-order valence-electron chi connectivity index (χ1n) is 6.57. The molecule has 0 amide bonds. The lowest BCUT2D eigenvalue weighted by Crippen LogP contribution is -2.08. The average Bonchev–Trinajstić information content (AvgIpc) is 2.40. The number of rotatable bonds is 4. The Morgan fingerprint density at radius 1 is 1.25 bits per heavy atom. The third kappa shape index (κ3) is 3.07. The summed E-state index contributed by atoms with van der Waals surface area (Å²) < 4.78 is 14.0. The highest BCUT2D eigenvalue weighted by Gasteiger charge is 2.13. The van der Waals surface area contributed by atoms with Crippen LogP contribution in [0.3, 0.4) is 0 Å². The van der Waals surface area contributed by atoms with Crippen LogP contribution in [-0.2, 0) is 0 Å². The van der Waals surface area contributed by atoms with Gasteiger partial charge in [-0.25, -0.2) is 14.4 Å². The highest BCUT2D eigenvalue weighted by Crippen LogP contribution is 2.26. The summed E-state index contributed by atoms with van der Waals surface area (Å²) in [7, 11) is 0. The van der Waals surface area contributed by atoms with Gasteiger partial charge in [0.05, 0.1) is 5.69 Å². The highest BCUT2D eigenvalue weighted by atomic mass is 35.5. The number of hydrogen-bond acceptors (Lipinski definition) is 3. The van der Waals surface area contributed by atoms with Crippen molar-refractivity contribution in [1.29, 1.82) is 0 Å². The number of anilines is 1. The maximum atomic E-state index is 14.0. The van der Waals surface area contributed by atoms with Crippen molar-refractivity contribution in [1.82, 2.24) is 9.97 Å². The Morgan fingerprint density at radius 3 is 2.65 bits per heavy atom. The van der Waals surface area contributed by atoms with Gasteiger partial charge in [0.25, 0.3) is 0 Å². The largest absolute Gasteiger partial charge is 0.368 e. The van der Waals surface area contributed by atoms with Crippen LogP contribution in [0.25, 0.3) is 11.4 Å². The van der Waals surface area contributed by atoms with Crippen LogP contribution in [0.2, 0.25) is 5.02 Å². The van der Waals surface area contributed by atoms with E-state index < -0.39 is 5.82 Å². The van der Waals surface area contributed by atoms with Crippen molar-refractivity contribution >= 4 is 17.4 Å².